The number of rotatable bonds is 5. The van der Waals surface area contributed by atoms with Gasteiger partial charge in [0, 0.05) is 43.5 Å². The van der Waals surface area contributed by atoms with E-state index in [1.165, 1.54) is 12.1 Å². The lowest BCUT2D eigenvalue weighted by Gasteiger charge is -2.36. The smallest absolute Gasteiger partial charge is 0.335 e. The third kappa shape index (κ3) is 3.97. The minimum absolute atomic E-state index is 0.0844. The first-order valence-electron chi connectivity index (χ1n) is 8.63. The third-order valence-corrected chi connectivity index (χ3v) is 4.68. The van der Waals surface area contributed by atoms with Crippen molar-refractivity contribution in [3.05, 3.63) is 53.6 Å². The van der Waals surface area contributed by atoms with Gasteiger partial charge in [0.25, 0.3) is 5.91 Å². The van der Waals surface area contributed by atoms with Crippen LogP contribution in [-0.4, -0.2) is 62.3 Å². The summed E-state index contributed by atoms with van der Waals surface area (Å²) in [5, 5.41) is 8.95. The van der Waals surface area contributed by atoms with E-state index in [2.05, 4.69) is 4.90 Å². The van der Waals surface area contributed by atoms with Crippen molar-refractivity contribution in [2.45, 2.75) is 0 Å². The van der Waals surface area contributed by atoms with Gasteiger partial charge in [0.05, 0.1) is 19.8 Å². The van der Waals surface area contributed by atoms with Gasteiger partial charge in [0.2, 0.25) is 0 Å². The molecule has 7 heteroatoms. The van der Waals surface area contributed by atoms with Crippen molar-refractivity contribution in [3.63, 3.8) is 0 Å². The first-order chi connectivity index (χ1) is 13.0. The van der Waals surface area contributed by atoms with Crippen LogP contribution in [0.25, 0.3) is 0 Å². The minimum atomic E-state index is -1.00. The largest absolute Gasteiger partial charge is 0.493 e. The number of hydrogen-bond acceptors (Lipinski definition) is 5. The highest BCUT2D eigenvalue weighted by molar-refractivity contribution is 5.96. The monoisotopic (exact) mass is 370 g/mol. The topological polar surface area (TPSA) is 79.3 Å². The summed E-state index contributed by atoms with van der Waals surface area (Å²) >= 11 is 0. The molecule has 1 heterocycles. The van der Waals surface area contributed by atoms with Crippen molar-refractivity contribution in [3.8, 4) is 11.5 Å². The number of amides is 1. The number of anilines is 1. The molecule has 1 fully saturated rings. The van der Waals surface area contributed by atoms with Crippen molar-refractivity contribution in [1.82, 2.24) is 4.90 Å². The summed E-state index contributed by atoms with van der Waals surface area (Å²) in [5.74, 6) is 0.267. The fourth-order valence-electron chi connectivity index (χ4n) is 3.13. The average molecular weight is 370 g/mol. The molecule has 2 aromatic carbocycles. The molecule has 1 aliphatic rings. The number of nitrogens with zero attached hydrogens (tertiary/aromatic N) is 2. The highest BCUT2D eigenvalue weighted by Gasteiger charge is 2.23. The number of carboxylic acids is 1. The second-order valence-electron chi connectivity index (χ2n) is 6.20. The maximum absolute atomic E-state index is 12.6. The molecule has 1 saturated heterocycles. The maximum atomic E-state index is 12.6. The zero-order chi connectivity index (χ0) is 19.4. The molecule has 7 nitrogen and oxygen atoms in total. The van der Waals surface area contributed by atoms with Crippen LogP contribution in [0.1, 0.15) is 20.7 Å². The molecule has 0 saturated carbocycles. The molecule has 0 atom stereocenters. The van der Waals surface area contributed by atoms with Crippen LogP contribution < -0.4 is 14.4 Å². The first kappa shape index (κ1) is 18.6. The third-order valence-electron chi connectivity index (χ3n) is 4.68. The molecule has 0 bridgehead atoms. The fraction of sp³-hybridized carbons (Fsp3) is 0.300. The Labute approximate surface area is 157 Å². The Balaban J connectivity index is 1.64. The quantitative estimate of drug-likeness (QED) is 0.870. The number of ether oxygens (including phenoxy) is 2. The Hall–Kier alpha value is -3.22. The number of aromatic carboxylic acids is 1. The number of methoxy groups -OCH3 is 2. The molecule has 0 spiro atoms. The SMILES string of the molecule is COc1ccc(N2CCN(C(=O)c3ccc(C(=O)O)cc3)CC2)cc1OC. The van der Waals surface area contributed by atoms with Crippen LogP contribution in [0.4, 0.5) is 5.69 Å². The Bertz CT molecular complexity index is 827. The van der Waals surface area contributed by atoms with Gasteiger partial charge in [-0.2, -0.15) is 0 Å². The highest BCUT2D eigenvalue weighted by Crippen LogP contribution is 2.31. The molecule has 0 aromatic heterocycles. The number of carboxylic acid groups (broad SMARTS) is 1. The molecule has 3 rings (SSSR count). The Morgan fingerprint density at radius 2 is 1.44 bits per heavy atom. The zero-order valence-corrected chi connectivity index (χ0v) is 15.3. The molecule has 142 valence electrons. The van der Waals surface area contributed by atoms with Crippen molar-refractivity contribution in [2.24, 2.45) is 0 Å². The van der Waals surface area contributed by atoms with Gasteiger partial charge < -0.3 is 24.4 Å². The second-order valence-corrected chi connectivity index (χ2v) is 6.20. The van der Waals surface area contributed by atoms with Crippen molar-refractivity contribution in [2.75, 3.05) is 45.3 Å². The Kier molecular flexibility index (Phi) is 5.49. The van der Waals surface area contributed by atoms with Crippen LogP contribution in [0.5, 0.6) is 11.5 Å². The van der Waals surface area contributed by atoms with Crippen LogP contribution in [0.2, 0.25) is 0 Å². The lowest BCUT2D eigenvalue weighted by atomic mass is 10.1. The lowest BCUT2D eigenvalue weighted by Crippen LogP contribution is -2.48. The van der Waals surface area contributed by atoms with E-state index >= 15 is 0 Å². The average Bonchev–Trinajstić information content (AvgIpc) is 2.72. The summed E-state index contributed by atoms with van der Waals surface area (Å²) in [6, 6.07) is 11.8. The Morgan fingerprint density at radius 3 is 2.00 bits per heavy atom. The highest BCUT2D eigenvalue weighted by atomic mass is 16.5. The summed E-state index contributed by atoms with van der Waals surface area (Å²) in [6.45, 7) is 2.59. The van der Waals surface area contributed by atoms with Crippen LogP contribution in [0.15, 0.2) is 42.5 Å². The van der Waals surface area contributed by atoms with Crippen molar-refractivity contribution < 1.29 is 24.2 Å². The van der Waals surface area contributed by atoms with E-state index in [4.69, 9.17) is 14.6 Å². The number of hydrogen-bond donors (Lipinski definition) is 1. The molecule has 0 radical (unpaired) electrons. The van der Waals surface area contributed by atoms with E-state index < -0.39 is 5.97 Å². The van der Waals surface area contributed by atoms with Gasteiger partial charge in [-0.1, -0.05) is 0 Å². The molecular weight excluding hydrogens is 348 g/mol. The molecular formula is C20H22N2O5. The lowest BCUT2D eigenvalue weighted by molar-refractivity contribution is 0.0693. The Morgan fingerprint density at radius 1 is 0.852 bits per heavy atom. The van der Waals surface area contributed by atoms with E-state index in [0.717, 1.165) is 5.69 Å². The maximum Gasteiger partial charge on any atom is 0.335 e. The van der Waals surface area contributed by atoms with Gasteiger partial charge >= 0.3 is 5.97 Å². The van der Waals surface area contributed by atoms with E-state index in [0.29, 0.717) is 43.2 Å². The van der Waals surface area contributed by atoms with Gasteiger partial charge in [-0.3, -0.25) is 4.79 Å². The van der Waals surface area contributed by atoms with Gasteiger partial charge in [0.1, 0.15) is 0 Å². The van der Waals surface area contributed by atoms with Crippen LogP contribution in [0.3, 0.4) is 0 Å². The summed E-state index contributed by atoms with van der Waals surface area (Å²) < 4.78 is 10.6. The predicted octanol–water partition coefficient (Wildman–Crippen LogP) is 2.36. The van der Waals surface area contributed by atoms with Crippen molar-refractivity contribution >= 4 is 17.6 Å². The van der Waals surface area contributed by atoms with Gasteiger partial charge in [-0.15, -0.1) is 0 Å². The molecule has 0 aliphatic carbocycles. The standard InChI is InChI=1S/C20H22N2O5/c1-26-17-8-7-16(13-18(17)27-2)21-9-11-22(12-10-21)19(23)14-3-5-15(6-4-14)20(24)25/h3-8,13H,9-12H2,1-2H3,(H,24,25). The van der Waals surface area contributed by atoms with Crippen LogP contribution >= 0.6 is 0 Å². The van der Waals surface area contributed by atoms with E-state index in [1.54, 1.807) is 31.3 Å². The van der Waals surface area contributed by atoms with Gasteiger partial charge in [-0.25, -0.2) is 4.79 Å². The molecule has 1 amide bonds. The summed E-state index contributed by atoms with van der Waals surface area (Å²) in [5.41, 5.74) is 1.69. The first-order valence-corrected chi connectivity index (χ1v) is 8.63. The van der Waals surface area contributed by atoms with Crippen molar-refractivity contribution in [1.29, 1.82) is 0 Å². The summed E-state index contributed by atoms with van der Waals surface area (Å²) in [6.07, 6.45) is 0. The van der Waals surface area contributed by atoms with Gasteiger partial charge in [0.15, 0.2) is 11.5 Å². The van der Waals surface area contributed by atoms with E-state index in [-0.39, 0.29) is 11.5 Å². The predicted molar refractivity (Wildman–Crippen MR) is 101 cm³/mol. The summed E-state index contributed by atoms with van der Waals surface area (Å²) in [7, 11) is 3.21. The normalized spacial score (nSPS) is 14.0. The molecule has 1 N–H and O–H groups in total. The zero-order valence-electron chi connectivity index (χ0n) is 15.3. The molecule has 27 heavy (non-hydrogen) atoms. The number of carbonyl (C=O) groups is 2. The number of piperazine rings is 1. The molecule has 0 unspecified atom stereocenters. The number of carbonyl (C=O) groups excluding carboxylic acids is 1. The van der Waals surface area contributed by atoms with Crippen LogP contribution in [0, 0.1) is 0 Å². The van der Waals surface area contributed by atoms with E-state index in [9.17, 15) is 9.59 Å². The minimum Gasteiger partial charge on any atom is -0.493 e. The fourth-order valence-corrected chi connectivity index (χ4v) is 3.13. The molecule has 2 aromatic rings. The van der Waals surface area contributed by atoms with Gasteiger partial charge in [-0.05, 0) is 36.4 Å². The summed E-state index contributed by atoms with van der Waals surface area (Å²) in [4.78, 5) is 27.5. The second kappa shape index (κ2) is 7.99. The molecule has 1 aliphatic heterocycles. The van der Waals surface area contributed by atoms with E-state index in [1.807, 2.05) is 18.2 Å². The number of benzene rings is 2. The van der Waals surface area contributed by atoms with Crippen LogP contribution in [-0.2, 0) is 0 Å².